The highest BCUT2D eigenvalue weighted by Crippen LogP contribution is 2.37. The molecule has 0 aromatic carbocycles. The second-order valence-electron chi connectivity index (χ2n) is 5.92. The monoisotopic (exact) mass is 302 g/mol. The third kappa shape index (κ3) is 6.27. The molecular formula is C16H31Br. The van der Waals surface area contributed by atoms with Crippen LogP contribution in [-0.2, 0) is 0 Å². The Hall–Kier alpha value is 0.480. The molecule has 0 radical (unpaired) electrons. The molecule has 0 saturated heterocycles. The van der Waals surface area contributed by atoms with Crippen molar-refractivity contribution in [3.05, 3.63) is 0 Å². The minimum Gasteiger partial charge on any atom is -0.0888 e. The van der Waals surface area contributed by atoms with Gasteiger partial charge in [-0.15, -0.1) is 0 Å². The summed E-state index contributed by atoms with van der Waals surface area (Å²) in [5.41, 5.74) is 0. The van der Waals surface area contributed by atoms with Crippen LogP contribution in [0.15, 0.2) is 0 Å². The predicted octanol–water partition coefficient (Wildman–Crippen LogP) is 6.33. The van der Waals surface area contributed by atoms with Crippen LogP contribution < -0.4 is 0 Å². The van der Waals surface area contributed by atoms with E-state index in [1.165, 1.54) is 70.6 Å². The Morgan fingerprint density at radius 3 is 2.35 bits per heavy atom. The van der Waals surface area contributed by atoms with Crippen LogP contribution in [0, 0.1) is 11.8 Å². The molecule has 0 aliphatic heterocycles. The zero-order valence-electron chi connectivity index (χ0n) is 11.9. The number of halogens is 1. The Bertz CT molecular complexity index is 178. The molecule has 0 nitrogen and oxygen atoms in total. The Labute approximate surface area is 117 Å². The zero-order valence-corrected chi connectivity index (χ0v) is 13.5. The quantitative estimate of drug-likeness (QED) is 0.363. The second kappa shape index (κ2) is 9.42. The van der Waals surface area contributed by atoms with E-state index in [4.69, 9.17) is 0 Å². The van der Waals surface area contributed by atoms with Gasteiger partial charge >= 0.3 is 0 Å². The van der Waals surface area contributed by atoms with Gasteiger partial charge in [0.2, 0.25) is 0 Å². The van der Waals surface area contributed by atoms with Gasteiger partial charge in [0.25, 0.3) is 0 Å². The lowest BCUT2D eigenvalue weighted by Gasteiger charge is -2.33. The molecule has 0 bridgehead atoms. The lowest BCUT2D eigenvalue weighted by Crippen LogP contribution is -2.24. The van der Waals surface area contributed by atoms with Crippen molar-refractivity contribution in [1.29, 1.82) is 0 Å². The number of hydrogen-bond acceptors (Lipinski definition) is 0. The van der Waals surface area contributed by atoms with Gasteiger partial charge in [-0.2, -0.15) is 0 Å². The molecule has 17 heavy (non-hydrogen) atoms. The van der Waals surface area contributed by atoms with E-state index >= 15 is 0 Å². The van der Waals surface area contributed by atoms with Crippen molar-refractivity contribution in [2.75, 3.05) is 0 Å². The normalized spacial score (nSPS) is 29.5. The third-order valence-corrected chi connectivity index (χ3v) is 5.71. The average Bonchev–Trinajstić information content (AvgIpc) is 2.35. The summed E-state index contributed by atoms with van der Waals surface area (Å²) >= 11 is 3.91. The summed E-state index contributed by atoms with van der Waals surface area (Å²) in [5.74, 6) is 1.99. The van der Waals surface area contributed by atoms with Gasteiger partial charge in [0.05, 0.1) is 0 Å². The van der Waals surface area contributed by atoms with Crippen molar-refractivity contribution in [1.82, 2.24) is 0 Å². The molecular weight excluding hydrogens is 272 g/mol. The highest BCUT2D eigenvalue weighted by Gasteiger charge is 2.27. The van der Waals surface area contributed by atoms with Crippen molar-refractivity contribution in [3.8, 4) is 0 Å². The van der Waals surface area contributed by atoms with E-state index in [2.05, 4.69) is 29.8 Å². The molecule has 3 unspecified atom stereocenters. The van der Waals surface area contributed by atoms with Crippen LogP contribution in [0.1, 0.15) is 84.5 Å². The topological polar surface area (TPSA) is 0 Å². The van der Waals surface area contributed by atoms with E-state index in [0.29, 0.717) is 0 Å². The zero-order chi connectivity index (χ0) is 12.5. The van der Waals surface area contributed by atoms with E-state index in [-0.39, 0.29) is 0 Å². The fraction of sp³-hybridized carbons (Fsp3) is 1.00. The van der Waals surface area contributed by atoms with Crippen LogP contribution in [0.25, 0.3) is 0 Å². The molecule has 1 rings (SSSR count). The van der Waals surface area contributed by atoms with E-state index in [1.807, 2.05) is 0 Å². The maximum atomic E-state index is 3.91. The van der Waals surface area contributed by atoms with Crippen molar-refractivity contribution in [3.63, 3.8) is 0 Å². The first-order valence-corrected chi connectivity index (χ1v) is 8.83. The molecule has 0 aromatic heterocycles. The van der Waals surface area contributed by atoms with Crippen LogP contribution in [-0.4, -0.2) is 4.83 Å². The second-order valence-corrected chi connectivity index (χ2v) is 7.10. The van der Waals surface area contributed by atoms with Crippen LogP contribution >= 0.6 is 15.9 Å². The molecule has 3 atom stereocenters. The summed E-state index contributed by atoms with van der Waals surface area (Å²) in [6, 6.07) is 0. The first-order valence-electron chi connectivity index (χ1n) is 7.92. The molecule has 0 heterocycles. The molecule has 0 N–H and O–H groups in total. The maximum absolute atomic E-state index is 3.91. The number of unbranched alkanes of at least 4 members (excludes halogenated alkanes) is 5. The Kier molecular flexibility index (Phi) is 8.61. The van der Waals surface area contributed by atoms with Gasteiger partial charge in [0, 0.05) is 4.83 Å². The van der Waals surface area contributed by atoms with Crippen molar-refractivity contribution >= 4 is 15.9 Å². The first-order chi connectivity index (χ1) is 8.27. The Morgan fingerprint density at radius 1 is 0.941 bits per heavy atom. The Morgan fingerprint density at radius 2 is 1.65 bits per heavy atom. The molecule has 0 spiro atoms. The van der Waals surface area contributed by atoms with E-state index in [1.54, 1.807) is 0 Å². The largest absolute Gasteiger partial charge is 0.0888 e. The summed E-state index contributed by atoms with van der Waals surface area (Å²) in [5, 5.41) is 0. The smallest absolute Gasteiger partial charge is 0.0174 e. The SMILES string of the molecule is CCCCCCCCC1CC(CC)CCC1Br. The van der Waals surface area contributed by atoms with Gasteiger partial charge in [-0.1, -0.05) is 74.7 Å². The highest BCUT2D eigenvalue weighted by atomic mass is 79.9. The molecule has 1 heteroatoms. The van der Waals surface area contributed by atoms with E-state index < -0.39 is 0 Å². The van der Waals surface area contributed by atoms with Crippen LogP contribution in [0.4, 0.5) is 0 Å². The minimum absolute atomic E-state index is 0.820. The first kappa shape index (κ1) is 15.5. The summed E-state index contributed by atoms with van der Waals surface area (Å²) in [4.78, 5) is 0.820. The fourth-order valence-corrected chi connectivity index (χ4v) is 3.93. The van der Waals surface area contributed by atoms with E-state index in [9.17, 15) is 0 Å². The molecule has 1 fully saturated rings. The van der Waals surface area contributed by atoms with Gasteiger partial charge in [0.1, 0.15) is 0 Å². The van der Waals surface area contributed by atoms with Crippen LogP contribution in [0.2, 0.25) is 0 Å². The van der Waals surface area contributed by atoms with Gasteiger partial charge < -0.3 is 0 Å². The third-order valence-electron chi connectivity index (χ3n) is 4.50. The minimum atomic E-state index is 0.820. The van der Waals surface area contributed by atoms with Gasteiger partial charge in [-0.25, -0.2) is 0 Å². The molecule has 1 saturated carbocycles. The number of alkyl halides is 1. The van der Waals surface area contributed by atoms with Crippen molar-refractivity contribution < 1.29 is 0 Å². The van der Waals surface area contributed by atoms with Crippen LogP contribution in [0.3, 0.4) is 0 Å². The average molecular weight is 303 g/mol. The number of hydrogen-bond donors (Lipinski definition) is 0. The predicted molar refractivity (Wildman–Crippen MR) is 81.8 cm³/mol. The van der Waals surface area contributed by atoms with Gasteiger partial charge in [-0.05, 0) is 37.5 Å². The molecule has 102 valence electrons. The molecule has 0 aromatic rings. The summed E-state index contributed by atoms with van der Waals surface area (Å²) in [6.45, 7) is 4.66. The lowest BCUT2D eigenvalue weighted by atomic mass is 9.78. The van der Waals surface area contributed by atoms with Gasteiger partial charge in [-0.3, -0.25) is 0 Å². The van der Waals surface area contributed by atoms with Crippen LogP contribution in [0.5, 0.6) is 0 Å². The Balaban J connectivity index is 2.07. The summed E-state index contributed by atoms with van der Waals surface area (Å²) in [7, 11) is 0. The fourth-order valence-electron chi connectivity index (χ4n) is 3.18. The highest BCUT2D eigenvalue weighted by molar-refractivity contribution is 9.09. The van der Waals surface area contributed by atoms with E-state index in [0.717, 1.165) is 16.7 Å². The molecule has 1 aliphatic carbocycles. The van der Waals surface area contributed by atoms with Crippen molar-refractivity contribution in [2.45, 2.75) is 89.3 Å². The molecule has 0 amide bonds. The van der Waals surface area contributed by atoms with Crippen molar-refractivity contribution in [2.24, 2.45) is 11.8 Å². The summed E-state index contributed by atoms with van der Waals surface area (Å²) in [6.07, 6.45) is 15.9. The summed E-state index contributed by atoms with van der Waals surface area (Å²) < 4.78 is 0. The standard InChI is InChI=1S/C16H31Br/c1-3-5-6-7-8-9-10-15-13-14(4-2)11-12-16(15)17/h14-16H,3-13H2,1-2H3. The number of rotatable bonds is 8. The lowest BCUT2D eigenvalue weighted by molar-refractivity contribution is 0.256. The maximum Gasteiger partial charge on any atom is 0.0174 e. The molecule has 1 aliphatic rings. The van der Waals surface area contributed by atoms with Gasteiger partial charge in [0.15, 0.2) is 0 Å².